The van der Waals surface area contributed by atoms with Crippen LogP contribution in [0.1, 0.15) is 16.8 Å². The summed E-state index contributed by atoms with van der Waals surface area (Å²) in [5.41, 5.74) is 1.97. The van der Waals surface area contributed by atoms with Crippen LogP contribution in [0.2, 0.25) is 0 Å². The van der Waals surface area contributed by atoms with Gasteiger partial charge in [0, 0.05) is 6.54 Å². The summed E-state index contributed by atoms with van der Waals surface area (Å²) in [4.78, 5) is 7.97. The summed E-state index contributed by atoms with van der Waals surface area (Å²) < 4.78 is 25.2. The smallest absolute Gasteiger partial charge is 0.215 e. The van der Waals surface area contributed by atoms with Gasteiger partial charge in [-0.25, -0.2) is 23.1 Å². The Morgan fingerprint density at radius 3 is 2.36 bits per heavy atom. The lowest BCUT2D eigenvalue weighted by Crippen LogP contribution is -2.20. The number of benzene rings is 1. The summed E-state index contributed by atoms with van der Waals surface area (Å²) in [6.07, 6.45) is 2.89. The predicted molar refractivity (Wildman–Crippen MR) is 82.2 cm³/mol. The van der Waals surface area contributed by atoms with Gasteiger partial charge in [-0.1, -0.05) is 24.3 Å². The van der Waals surface area contributed by atoms with Crippen LogP contribution in [0.4, 0.5) is 5.82 Å². The molecule has 22 heavy (non-hydrogen) atoms. The standard InChI is InChI=1S/C14H15N5O2S/c1-16-22(20,21)10-12-4-2-11(3-5-12)7-18-14-9-17-13(6-15)8-19-14/h2-5,8-9,16H,7,10H2,1H3,(H,18,19). The Labute approximate surface area is 129 Å². The Bertz CT molecular complexity index is 764. The maximum absolute atomic E-state index is 11.5. The van der Waals surface area contributed by atoms with E-state index in [4.69, 9.17) is 5.26 Å². The monoisotopic (exact) mass is 317 g/mol. The molecule has 8 heteroatoms. The van der Waals surface area contributed by atoms with Crippen LogP contribution < -0.4 is 10.0 Å². The van der Waals surface area contributed by atoms with Gasteiger partial charge in [0.05, 0.1) is 18.1 Å². The van der Waals surface area contributed by atoms with E-state index in [9.17, 15) is 8.42 Å². The highest BCUT2D eigenvalue weighted by atomic mass is 32.2. The Hall–Kier alpha value is -2.50. The zero-order valence-electron chi connectivity index (χ0n) is 11.9. The number of nitrogens with zero attached hydrogens (tertiary/aromatic N) is 3. The molecule has 0 saturated carbocycles. The van der Waals surface area contributed by atoms with Crippen molar-refractivity contribution in [1.29, 1.82) is 5.26 Å². The second-order valence-corrected chi connectivity index (χ2v) is 6.46. The average molecular weight is 317 g/mol. The van der Waals surface area contributed by atoms with Crippen LogP contribution in [-0.4, -0.2) is 25.4 Å². The average Bonchev–Trinajstić information content (AvgIpc) is 2.54. The maximum Gasteiger partial charge on any atom is 0.215 e. The number of anilines is 1. The number of nitrogens with one attached hydrogen (secondary N) is 2. The van der Waals surface area contributed by atoms with E-state index in [0.29, 0.717) is 12.4 Å². The van der Waals surface area contributed by atoms with Crippen LogP contribution in [0.25, 0.3) is 0 Å². The van der Waals surface area contributed by atoms with Crippen molar-refractivity contribution in [1.82, 2.24) is 14.7 Å². The van der Waals surface area contributed by atoms with Crippen molar-refractivity contribution in [3.05, 3.63) is 53.5 Å². The zero-order chi connectivity index (χ0) is 16.0. The lowest BCUT2D eigenvalue weighted by molar-refractivity contribution is 0.587. The zero-order valence-corrected chi connectivity index (χ0v) is 12.8. The molecule has 1 heterocycles. The summed E-state index contributed by atoms with van der Waals surface area (Å²) in [6.45, 7) is 0.527. The van der Waals surface area contributed by atoms with E-state index >= 15 is 0 Å². The molecule has 0 amide bonds. The fourth-order valence-corrected chi connectivity index (χ4v) is 2.49. The second kappa shape index (κ2) is 6.98. The minimum atomic E-state index is -3.26. The van der Waals surface area contributed by atoms with Gasteiger partial charge in [0.2, 0.25) is 10.0 Å². The molecule has 0 atom stereocenters. The lowest BCUT2D eigenvalue weighted by Gasteiger charge is -2.07. The third-order valence-corrected chi connectivity index (χ3v) is 4.27. The molecule has 0 spiro atoms. The fourth-order valence-electron chi connectivity index (χ4n) is 1.71. The highest BCUT2D eigenvalue weighted by Gasteiger charge is 2.08. The molecule has 7 nitrogen and oxygen atoms in total. The van der Waals surface area contributed by atoms with Gasteiger partial charge in [0.15, 0.2) is 5.69 Å². The summed E-state index contributed by atoms with van der Waals surface area (Å²) >= 11 is 0. The van der Waals surface area contributed by atoms with Crippen LogP contribution in [0, 0.1) is 11.3 Å². The molecule has 0 aliphatic rings. The Balaban J connectivity index is 1.95. The van der Waals surface area contributed by atoms with Crippen LogP contribution in [0.15, 0.2) is 36.7 Å². The first-order valence-electron chi connectivity index (χ1n) is 6.47. The number of aromatic nitrogens is 2. The van der Waals surface area contributed by atoms with Crippen molar-refractivity contribution in [2.45, 2.75) is 12.3 Å². The number of rotatable bonds is 6. The van der Waals surface area contributed by atoms with Gasteiger partial charge in [-0.15, -0.1) is 0 Å². The van der Waals surface area contributed by atoms with Gasteiger partial charge < -0.3 is 5.32 Å². The molecule has 0 bridgehead atoms. The topological polar surface area (TPSA) is 108 Å². The Morgan fingerprint density at radius 1 is 1.14 bits per heavy atom. The fraction of sp³-hybridized carbons (Fsp3) is 0.214. The molecular weight excluding hydrogens is 302 g/mol. The largest absolute Gasteiger partial charge is 0.365 e. The summed E-state index contributed by atoms with van der Waals surface area (Å²) in [6, 6.07) is 9.15. The van der Waals surface area contributed by atoms with Gasteiger partial charge in [0.1, 0.15) is 11.9 Å². The molecule has 2 N–H and O–H groups in total. The molecule has 0 saturated heterocycles. The van der Waals surface area contributed by atoms with Crippen LogP contribution >= 0.6 is 0 Å². The van der Waals surface area contributed by atoms with E-state index in [0.717, 1.165) is 11.1 Å². The molecular formula is C14H15N5O2S. The summed E-state index contributed by atoms with van der Waals surface area (Å²) in [5, 5.41) is 11.7. The first kappa shape index (κ1) is 15.9. The van der Waals surface area contributed by atoms with Crippen molar-refractivity contribution in [2.24, 2.45) is 0 Å². The van der Waals surface area contributed by atoms with Crippen LogP contribution in [-0.2, 0) is 22.3 Å². The van der Waals surface area contributed by atoms with E-state index in [1.54, 1.807) is 12.1 Å². The van der Waals surface area contributed by atoms with Gasteiger partial charge in [-0.05, 0) is 18.2 Å². The molecule has 0 fully saturated rings. The molecule has 1 aromatic heterocycles. The van der Waals surface area contributed by atoms with Crippen molar-refractivity contribution >= 4 is 15.8 Å². The second-order valence-electron chi connectivity index (χ2n) is 4.53. The number of sulfonamides is 1. The third-order valence-electron chi connectivity index (χ3n) is 2.93. The number of nitriles is 1. The third kappa shape index (κ3) is 4.51. The van der Waals surface area contributed by atoms with E-state index in [1.807, 2.05) is 18.2 Å². The number of hydrogen-bond acceptors (Lipinski definition) is 6. The van der Waals surface area contributed by atoms with Crippen LogP contribution in [0.3, 0.4) is 0 Å². The Morgan fingerprint density at radius 2 is 1.82 bits per heavy atom. The van der Waals surface area contributed by atoms with Gasteiger partial charge in [-0.3, -0.25) is 0 Å². The molecule has 0 unspecified atom stereocenters. The van der Waals surface area contributed by atoms with E-state index in [-0.39, 0.29) is 11.4 Å². The SMILES string of the molecule is CNS(=O)(=O)Cc1ccc(CNc2cnc(C#N)cn2)cc1. The van der Waals surface area contributed by atoms with Crippen molar-refractivity contribution < 1.29 is 8.42 Å². The van der Waals surface area contributed by atoms with Crippen molar-refractivity contribution in [3.8, 4) is 6.07 Å². The minimum Gasteiger partial charge on any atom is -0.365 e. The first-order chi connectivity index (χ1) is 10.5. The highest BCUT2D eigenvalue weighted by Crippen LogP contribution is 2.09. The molecule has 2 aromatic rings. The lowest BCUT2D eigenvalue weighted by atomic mass is 10.1. The van der Waals surface area contributed by atoms with Crippen LogP contribution in [0.5, 0.6) is 0 Å². The first-order valence-corrected chi connectivity index (χ1v) is 8.12. The van der Waals surface area contributed by atoms with Gasteiger partial charge in [0.25, 0.3) is 0 Å². The number of hydrogen-bond donors (Lipinski definition) is 2. The van der Waals surface area contributed by atoms with E-state index in [2.05, 4.69) is 20.0 Å². The van der Waals surface area contributed by atoms with Crippen molar-refractivity contribution in [3.63, 3.8) is 0 Å². The quantitative estimate of drug-likeness (QED) is 0.823. The maximum atomic E-state index is 11.5. The molecule has 0 aliphatic heterocycles. The molecule has 1 aromatic carbocycles. The van der Waals surface area contributed by atoms with Crippen molar-refractivity contribution in [2.75, 3.05) is 12.4 Å². The minimum absolute atomic E-state index is 0.0433. The molecule has 114 valence electrons. The predicted octanol–water partition coefficient (Wildman–Crippen LogP) is 1.01. The summed E-state index contributed by atoms with van der Waals surface area (Å²) in [5.74, 6) is 0.527. The van der Waals surface area contributed by atoms with E-state index < -0.39 is 10.0 Å². The Kier molecular flexibility index (Phi) is 5.04. The van der Waals surface area contributed by atoms with Gasteiger partial charge >= 0.3 is 0 Å². The summed E-state index contributed by atoms with van der Waals surface area (Å²) in [7, 11) is -1.86. The molecule has 0 radical (unpaired) electrons. The molecule has 0 aliphatic carbocycles. The van der Waals surface area contributed by atoms with E-state index in [1.165, 1.54) is 19.4 Å². The molecule has 2 rings (SSSR count). The van der Waals surface area contributed by atoms with Gasteiger partial charge in [-0.2, -0.15) is 5.26 Å². The highest BCUT2D eigenvalue weighted by molar-refractivity contribution is 7.88. The normalized spacial score (nSPS) is 10.9.